The lowest BCUT2D eigenvalue weighted by atomic mass is 9.55. The lowest BCUT2D eigenvalue weighted by molar-refractivity contribution is -0.257. The van der Waals surface area contributed by atoms with Crippen LogP contribution in [0.2, 0.25) is 0 Å². The van der Waals surface area contributed by atoms with Crippen LogP contribution in [0, 0.1) is 17.8 Å². The molecule has 1 aliphatic heterocycles. The number of hydrogen-bond donors (Lipinski definition) is 2. The van der Waals surface area contributed by atoms with Gasteiger partial charge in [0, 0.05) is 44.1 Å². The summed E-state index contributed by atoms with van der Waals surface area (Å²) in [5.74, 6) is 0.627. The molecule has 5 rings (SSSR count). The Hall–Kier alpha value is -4.19. The number of ether oxygens (including phenoxy) is 4. The highest BCUT2D eigenvalue weighted by Gasteiger charge is 2.65. The van der Waals surface area contributed by atoms with Crippen LogP contribution in [-0.4, -0.2) is 84.9 Å². The van der Waals surface area contributed by atoms with Crippen LogP contribution in [0.1, 0.15) is 158 Å². The topological polar surface area (TPSA) is 136 Å². The molecular formula is C52H76N2O9. The fourth-order valence-electron chi connectivity index (χ4n) is 10.3. The van der Waals surface area contributed by atoms with Gasteiger partial charge in [-0.25, -0.2) is 0 Å². The molecule has 0 bridgehead atoms. The highest BCUT2D eigenvalue weighted by molar-refractivity contribution is 6.03. The molecule has 0 saturated heterocycles. The van der Waals surface area contributed by atoms with E-state index in [1.807, 2.05) is 24.0 Å². The number of oxime groups is 1. The van der Waals surface area contributed by atoms with E-state index in [0.717, 1.165) is 74.5 Å². The molecule has 0 spiro atoms. The smallest absolute Gasteiger partial charge is 0.239 e. The van der Waals surface area contributed by atoms with Gasteiger partial charge < -0.3 is 38.9 Å². The molecule has 11 nitrogen and oxygen atoms in total. The summed E-state index contributed by atoms with van der Waals surface area (Å²) in [5, 5.41) is 24.7. The number of carbonyl (C=O) groups is 2. The maximum absolute atomic E-state index is 14.7. The Morgan fingerprint density at radius 1 is 0.905 bits per heavy atom. The summed E-state index contributed by atoms with van der Waals surface area (Å²) in [6.07, 6.45) is 21.7. The van der Waals surface area contributed by atoms with E-state index in [2.05, 4.69) is 32.6 Å². The average Bonchev–Trinajstić information content (AvgIpc) is 3.30. The van der Waals surface area contributed by atoms with Gasteiger partial charge in [-0.2, -0.15) is 0 Å². The van der Waals surface area contributed by atoms with Gasteiger partial charge >= 0.3 is 0 Å². The SMILES string of the molecule is C=CCOC12Oc3ccc(Oc4ccc(OC)c(C=O)c4)cc3C3C(CCCCO)C(CCCCO)C=C(C(=NOCC)CC1N(CCC)C(=O)CCCCCCCCCCC)C32. The number of allylic oxidation sites excluding steroid dienone is 1. The van der Waals surface area contributed by atoms with Gasteiger partial charge in [0.05, 0.1) is 30.9 Å². The molecule has 1 fully saturated rings. The molecule has 1 heterocycles. The third-order valence-electron chi connectivity index (χ3n) is 13.2. The quantitative estimate of drug-likeness (QED) is 0.0340. The van der Waals surface area contributed by atoms with Gasteiger partial charge in [0.1, 0.15) is 35.6 Å². The minimum absolute atomic E-state index is 0.0839. The summed E-state index contributed by atoms with van der Waals surface area (Å²) < 4.78 is 26.4. The van der Waals surface area contributed by atoms with Gasteiger partial charge in [0.25, 0.3) is 0 Å². The van der Waals surface area contributed by atoms with Crippen LogP contribution in [0.3, 0.4) is 0 Å². The Morgan fingerprint density at radius 3 is 2.27 bits per heavy atom. The Labute approximate surface area is 377 Å². The molecule has 3 aliphatic rings. The maximum Gasteiger partial charge on any atom is 0.239 e. The number of unbranched alkanes of at least 4 members (excludes halogenated alkanes) is 10. The summed E-state index contributed by atoms with van der Waals surface area (Å²) >= 11 is 0. The minimum atomic E-state index is -1.30. The number of nitrogens with zero attached hydrogens (tertiary/aromatic N) is 2. The molecule has 2 aromatic carbocycles. The molecule has 63 heavy (non-hydrogen) atoms. The second-order valence-corrected chi connectivity index (χ2v) is 17.5. The molecule has 0 aromatic heterocycles. The summed E-state index contributed by atoms with van der Waals surface area (Å²) in [7, 11) is 1.53. The highest BCUT2D eigenvalue weighted by Crippen LogP contribution is 2.62. The van der Waals surface area contributed by atoms with E-state index in [9.17, 15) is 19.8 Å². The predicted octanol–water partition coefficient (Wildman–Crippen LogP) is 11.1. The third kappa shape index (κ3) is 12.5. The first kappa shape index (κ1) is 49.8. The number of aliphatic hydroxyl groups is 2. The molecule has 2 aromatic rings. The lowest BCUT2D eigenvalue weighted by Gasteiger charge is -2.60. The summed E-state index contributed by atoms with van der Waals surface area (Å²) in [4.78, 5) is 34.6. The normalized spacial score (nSPS) is 22.9. The van der Waals surface area contributed by atoms with Crippen molar-refractivity contribution in [2.45, 2.75) is 154 Å². The van der Waals surface area contributed by atoms with Gasteiger partial charge in [0.15, 0.2) is 6.29 Å². The molecule has 2 N–H and O–H groups in total. The molecule has 6 unspecified atom stereocenters. The van der Waals surface area contributed by atoms with Crippen molar-refractivity contribution in [2.75, 3.05) is 40.1 Å². The van der Waals surface area contributed by atoms with E-state index in [1.165, 1.54) is 45.6 Å². The van der Waals surface area contributed by atoms with E-state index in [-0.39, 0.29) is 43.5 Å². The van der Waals surface area contributed by atoms with Crippen LogP contribution in [-0.2, 0) is 14.4 Å². The zero-order valence-electron chi connectivity index (χ0n) is 38.7. The lowest BCUT2D eigenvalue weighted by Crippen LogP contribution is -2.70. The van der Waals surface area contributed by atoms with Crippen LogP contribution in [0.5, 0.6) is 23.0 Å². The van der Waals surface area contributed by atoms with Crippen molar-refractivity contribution >= 4 is 17.9 Å². The van der Waals surface area contributed by atoms with Gasteiger partial charge in [-0.05, 0) is 99.3 Å². The van der Waals surface area contributed by atoms with Crippen molar-refractivity contribution in [1.29, 1.82) is 0 Å². The van der Waals surface area contributed by atoms with E-state index in [4.69, 9.17) is 28.9 Å². The Kier molecular flexibility index (Phi) is 20.5. The zero-order chi connectivity index (χ0) is 45.0. The van der Waals surface area contributed by atoms with Crippen molar-refractivity contribution < 1.29 is 43.6 Å². The van der Waals surface area contributed by atoms with Gasteiger partial charge in [-0.1, -0.05) is 95.4 Å². The molecule has 6 atom stereocenters. The zero-order valence-corrected chi connectivity index (χ0v) is 38.7. The fourth-order valence-corrected chi connectivity index (χ4v) is 10.3. The van der Waals surface area contributed by atoms with Crippen molar-refractivity contribution in [3.05, 3.63) is 71.8 Å². The van der Waals surface area contributed by atoms with Crippen molar-refractivity contribution in [1.82, 2.24) is 4.90 Å². The summed E-state index contributed by atoms with van der Waals surface area (Å²) in [6.45, 7) is 11.7. The molecule has 11 heteroatoms. The predicted molar refractivity (Wildman–Crippen MR) is 249 cm³/mol. The number of benzene rings is 2. The van der Waals surface area contributed by atoms with Gasteiger partial charge in [-0.15, -0.1) is 6.58 Å². The molecule has 2 aliphatic carbocycles. The van der Waals surface area contributed by atoms with E-state index >= 15 is 0 Å². The highest BCUT2D eigenvalue weighted by atomic mass is 16.7. The van der Waals surface area contributed by atoms with Crippen LogP contribution in [0.15, 0.2) is 65.9 Å². The Morgan fingerprint density at radius 2 is 1.60 bits per heavy atom. The number of rotatable bonds is 30. The second kappa shape index (κ2) is 25.9. The average molecular weight is 873 g/mol. The molecule has 1 saturated carbocycles. The molecule has 1 amide bonds. The van der Waals surface area contributed by atoms with Crippen LogP contribution < -0.4 is 14.2 Å². The fraction of sp³-hybridized carbons (Fsp3) is 0.635. The molecular weight excluding hydrogens is 797 g/mol. The van der Waals surface area contributed by atoms with E-state index in [1.54, 1.807) is 24.3 Å². The van der Waals surface area contributed by atoms with Crippen LogP contribution in [0.25, 0.3) is 0 Å². The second-order valence-electron chi connectivity index (χ2n) is 17.5. The Bertz CT molecular complexity index is 1810. The van der Waals surface area contributed by atoms with E-state index in [0.29, 0.717) is 67.4 Å². The maximum atomic E-state index is 14.7. The van der Waals surface area contributed by atoms with E-state index < -0.39 is 17.7 Å². The number of methoxy groups -OCH3 is 1. The van der Waals surface area contributed by atoms with Crippen LogP contribution in [0.4, 0.5) is 0 Å². The standard InChI is InChI=1S/C52H76N2O9/c1-6-10-11-12-13-14-15-16-17-24-49(58)54(29-7-2)48-36-45(53-61-9-4)43-34-38(22-18-20-30-55)42(23-19-21-31-56)50-44-35-41(62-40-25-27-46(59-5)39(33-40)37-57)26-28-47(44)63-52(48,51(43)50)60-32-8-3/h8,25-28,33-35,37-38,42,48,50-51,55-56H,3,6-7,9-24,29-32,36H2,1-2,4-5H3. The first-order valence-electron chi connectivity index (χ1n) is 24.1. The molecule has 0 radical (unpaired) electrons. The van der Waals surface area contributed by atoms with Gasteiger partial charge in [-0.3, -0.25) is 9.59 Å². The minimum Gasteiger partial charge on any atom is -0.496 e. The number of hydrogen-bond acceptors (Lipinski definition) is 10. The van der Waals surface area contributed by atoms with Crippen molar-refractivity contribution in [2.24, 2.45) is 22.9 Å². The third-order valence-corrected chi connectivity index (χ3v) is 13.2. The summed E-state index contributed by atoms with van der Waals surface area (Å²) in [6, 6.07) is 10.5. The number of carbonyl (C=O) groups excluding carboxylic acids is 2. The first-order valence-corrected chi connectivity index (χ1v) is 24.1. The monoisotopic (exact) mass is 873 g/mol. The number of fused-ring (bicyclic) bond motifs is 2. The van der Waals surface area contributed by atoms with Crippen molar-refractivity contribution in [3.63, 3.8) is 0 Å². The Balaban J connectivity index is 1.63. The van der Waals surface area contributed by atoms with Gasteiger partial charge in [0.2, 0.25) is 11.7 Å². The summed E-state index contributed by atoms with van der Waals surface area (Å²) in [5.41, 5.74) is 3.15. The number of amides is 1. The van der Waals surface area contributed by atoms with Crippen LogP contribution >= 0.6 is 0 Å². The first-order chi connectivity index (χ1) is 30.8. The number of aliphatic hydroxyl groups excluding tert-OH is 2. The van der Waals surface area contributed by atoms with Crippen molar-refractivity contribution in [3.8, 4) is 23.0 Å². The largest absolute Gasteiger partial charge is 0.496 e. The molecule has 348 valence electrons. The number of aldehydes is 1.